The quantitative estimate of drug-likeness (QED) is 0.601. The van der Waals surface area contributed by atoms with Crippen LogP contribution in [0.4, 0.5) is 0 Å². The highest BCUT2D eigenvalue weighted by atomic mass is 16.5. The van der Waals surface area contributed by atoms with Gasteiger partial charge in [0.2, 0.25) is 0 Å². The average molecular weight is 159 g/mol. The van der Waals surface area contributed by atoms with E-state index >= 15 is 0 Å². The molecule has 0 spiro atoms. The Morgan fingerprint density at radius 3 is 2.73 bits per heavy atom. The smallest absolute Gasteiger partial charge is 0.0928 e. The zero-order valence-corrected chi connectivity index (χ0v) is 7.21. The average Bonchev–Trinajstić information content (AvgIpc) is 2.28. The van der Waals surface area contributed by atoms with Gasteiger partial charge < -0.3 is 15.6 Å². The molecule has 0 amide bonds. The molecule has 3 N–H and O–H groups in total. The van der Waals surface area contributed by atoms with Crippen LogP contribution in [0.3, 0.4) is 0 Å². The number of aliphatic hydroxyl groups excluding tert-OH is 1. The van der Waals surface area contributed by atoms with E-state index in [-0.39, 0.29) is 18.1 Å². The Balaban J connectivity index is 2.57. The molecule has 0 unspecified atom stereocenters. The van der Waals surface area contributed by atoms with E-state index in [2.05, 4.69) is 13.8 Å². The molecule has 0 bridgehead atoms. The van der Waals surface area contributed by atoms with Gasteiger partial charge in [-0.05, 0) is 11.8 Å². The lowest BCUT2D eigenvalue weighted by molar-refractivity contribution is -0.0348. The predicted molar refractivity (Wildman–Crippen MR) is 43.2 cm³/mol. The van der Waals surface area contributed by atoms with Gasteiger partial charge in [0.1, 0.15) is 0 Å². The fraction of sp³-hybridized carbons (Fsp3) is 1.00. The molecular weight excluding hydrogens is 142 g/mol. The summed E-state index contributed by atoms with van der Waals surface area (Å²) < 4.78 is 5.39. The zero-order valence-electron chi connectivity index (χ0n) is 7.21. The minimum Gasteiger partial charge on any atom is -0.389 e. The molecule has 66 valence electrons. The van der Waals surface area contributed by atoms with Gasteiger partial charge >= 0.3 is 0 Å². The van der Waals surface area contributed by atoms with Gasteiger partial charge in [0.25, 0.3) is 0 Å². The van der Waals surface area contributed by atoms with E-state index in [9.17, 15) is 5.11 Å². The summed E-state index contributed by atoms with van der Waals surface area (Å²) >= 11 is 0. The van der Waals surface area contributed by atoms with E-state index in [1.54, 1.807) is 0 Å². The monoisotopic (exact) mass is 159 g/mol. The molecule has 0 aromatic rings. The van der Waals surface area contributed by atoms with Crippen molar-refractivity contribution >= 4 is 0 Å². The second kappa shape index (κ2) is 3.09. The van der Waals surface area contributed by atoms with Crippen molar-refractivity contribution < 1.29 is 9.84 Å². The van der Waals surface area contributed by atoms with Crippen LogP contribution in [-0.4, -0.2) is 30.5 Å². The summed E-state index contributed by atoms with van der Waals surface area (Å²) in [5.74, 6) is 0. The summed E-state index contributed by atoms with van der Waals surface area (Å²) in [5.41, 5.74) is 5.43. The van der Waals surface area contributed by atoms with Crippen LogP contribution in [-0.2, 0) is 4.74 Å². The van der Waals surface area contributed by atoms with E-state index in [4.69, 9.17) is 10.5 Å². The highest BCUT2D eigenvalue weighted by Crippen LogP contribution is 2.35. The van der Waals surface area contributed by atoms with Crippen LogP contribution in [0.25, 0.3) is 0 Å². The van der Waals surface area contributed by atoms with E-state index in [1.807, 2.05) is 0 Å². The molecule has 1 saturated heterocycles. The molecule has 11 heavy (non-hydrogen) atoms. The lowest BCUT2D eigenvalue weighted by Crippen LogP contribution is -2.40. The van der Waals surface area contributed by atoms with Gasteiger partial charge in [0.05, 0.1) is 12.2 Å². The Labute approximate surface area is 67.5 Å². The van der Waals surface area contributed by atoms with Gasteiger partial charge in [-0.3, -0.25) is 0 Å². The van der Waals surface area contributed by atoms with Crippen molar-refractivity contribution in [1.29, 1.82) is 0 Å². The van der Waals surface area contributed by atoms with Gasteiger partial charge in [-0.1, -0.05) is 13.8 Å². The van der Waals surface area contributed by atoms with Crippen molar-refractivity contribution in [2.75, 3.05) is 13.2 Å². The molecule has 1 aliphatic rings. The molecule has 0 aromatic carbocycles. The number of hydrogen-bond donors (Lipinski definition) is 2. The van der Waals surface area contributed by atoms with Crippen molar-refractivity contribution in [3.63, 3.8) is 0 Å². The van der Waals surface area contributed by atoms with Gasteiger partial charge in [-0.15, -0.1) is 0 Å². The van der Waals surface area contributed by atoms with Gasteiger partial charge in [0, 0.05) is 13.2 Å². The second-order valence-electron chi connectivity index (χ2n) is 3.83. The van der Waals surface area contributed by atoms with E-state index in [0.717, 1.165) is 13.0 Å². The third-order valence-corrected chi connectivity index (χ3v) is 2.40. The summed E-state index contributed by atoms with van der Waals surface area (Å²) in [6, 6.07) is 0. The minimum absolute atomic E-state index is 0.0764. The van der Waals surface area contributed by atoms with Crippen LogP contribution >= 0.6 is 0 Å². The highest BCUT2D eigenvalue weighted by molar-refractivity contribution is 4.89. The lowest BCUT2D eigenvalue weighted by Gasteiger charge is -2.28. The summed E-state index contributed by atoms with van der Waals surface area (Å²) in [7, 11) is 0. The van der Waals surface area contributed by atoms with Crippen LogP contribution in [0.2, 0.25) is 0 Å². The summed E-state index contributed by atoms with van der Waals surface area (Å²) in [5, 5.41) is 9.44. The van der Waals surface area contributed by atoms with Crippen LogP contribution in [0.15, 0.2) is 0 Å². The summed E-state index contributed by atoms with van der Waals surface area (Å²) in [6.07, 6.45) is 0.425. The number of aliphatic hydroxyl groups is 1. The first kappa shape index (κ1) is 8.97. The highest BCUT2D eigenvalue weighted by Gasteiger charge is 2.39. The standard InChI is InChI=1S/C8H17NO2/c1-8(2)3-4-11-7(8)6(10)5-9/h6-7,10H,3-5,9H2,1-2H3/t6-,7-/m0/s1. The Morgan fingerprint density at radius 1 is 1.73 bits per heavy atom. The van der Waals surface area contributed by atoms with Crippen molar-refractivity contribution in [1.82, 2.24) is 0 Å². The van der Waals surface area contributed by atoms with E-state index < -0.39 is 6.10 Å². The van der Waals surface area contributed by atoms with Crippen LogP contribution in [0.1, 0.15) is 20.3 Å². The molecular formula is C8H17NO2. The molecule has 0 aromatic heterocycles. The first-order chi connectivity index (χ1) is 5.08. The number of rotatable bonds is 2. The molecule has 0 radical (unpaired) electrons. The fourth-order valence-corrected chi connectivity index (χ4v) is 1.57. The van der Waals surface area contributed by atoms with Crippen LogP contribution in [0.5, 0.6) is 0 Å². The molecule has 0 saturated carbocycles. The largest absolute Gasteiger partial charge is 0.389 e. The van der Waals surface area contributed by atoms with E-state index in [0.29, 0.717) is 0 Å². The number of nitrogens with two attached hydrogens (primary N) is 1. The first-order valence-corrected chi connectivity index (χ1v) is 4.07. The molecule has 1 rings (SSSR count). The van der Waals surface area contributed by atoms with Gasteiger partial charge in [0.15, 0.2) is 0 Å². The van der Waals surface area contributed by atoms with Crippen molar-refractivity contribution in [2.45, 2.75) is 32.5 Å². The Kier molecular flexibility index (Phi) is 2.52. The Bertz CT molecular complexity index is 136. The maximum Gasteiger partial charge on any atom is 0.0928 e. The van der Waals surface area contributed by atoms with Crippen LogP contribution < -0.4 is 5.73 Å². The number of ether oxygens (including phenoxy) is 1. The molecule has 3 heteroatoms. The third kappa shape index (κ3) is 1.72. The topological polar surface area (TPSA) is 55.5 Å². The SMILES string of the molecule is CC1(C)CCO[C@H]1[C@@H](O)CN. The maximum absolute atomic E-state index is 9.44. The first-order valence-electron chi connectivity index (χ1n) is 4.07. The predicted octanol–water partition coefficient (Wildman–Crippen LogP) is 0.121. The summed E-state index contributed by atoms with van der Waals surface area (Å²) in [4.78, 5) is 0. The maximum atomic E-state index is 9.44. The molecule has 1 heterocycles. The minimum atomic E-state index is -0.507. The molecule has 3 nitrogen and oxygen atoms in total. The van der Waals surface area contributed by atoms with Crippen molar-refractivity contribution in [3.05, 3.63) is 0 Å². The molecule has 2 atom stereocenters. The Morgan fingerprint density at radius 2 is 2.36 bits per heavy atom. The third-order valence-electron chi connectivity index (χ3n) is 2.40. The summed E-state index contributed by atoms with van der Waals surface area (Å²) in [6.45, 7) is 5.23. The molecule has 1 aliphatic heterocycles. The molecule has 1 fully saturated rings. The normalized spacial score (nSPS) is 32.2. The zero-order chi connectivity index (χ0) is 8.48. The van der Waals surface area contributed by atoms with E-state index in [1.165, 1.54) is 0 Å². The van der Waals surface area contributed by atoms with Crippen molar-refractivity contribution in [3.8, 4) is 0 Å². The second-order valence-corrected chi connectivity index (χ2v) is 3.83. The van der Waals surface area contributed by atoms with Crippen LogP contribution in [0, 0.1) is 5.41 Å². The lowest BCUT2D eigenvalue weighted by atomic mass is 9.83. The molecule has 0 aliphatic carbocycles. The number of hydrogen-bond acceptors (Lipinski definition) is 3. The van der Waals surface area contributed by atoms with Crippen molar-refractivity contribution in [2.24, 2.45) is 11.1 Å². The van der Waals surface area contributed by atoms with Gasteiger partial charge in [-0.2, -0.15) is 0 Å². The Hall–Kier alpha value is -0.120. The fourth-order valence-electron chi connectivity index (χ4n) is 1.57. The van der Waals surface area contributed by atoms with Gasteiger partial charge in [-0.25, -0.2) is 0 Å².